The van der Waals surface area contributed by atoms with Crippen LogP contribution in [0.2, 0.25) is 5.02 Å². The van der Waals surface area contributed by atoms with Gasteiger partial charge in [-0.2, -0.15) is 4.37 Å². The lowest BCUT2D eigenvalue weighted by atomic mass is 10.2. The van der Waals surface area contributed by atoms with Gasteiger partial charge in [-0.1, -0.05) is 29.8 Å². The first-order chi connectivity index (χ1) is 8.84. The highest BCUT2D eigenvalue weighted by atomic mass is 35.5. The number of rotatable bonds is 2. The summed E-state index contributed by atoms with van der Waals surface area (Å²) in [5, 5.41) is 1.45. The predicted molar refractivity (Wildman–Crippen MR) is 73.6 cm³/mol. The Hall–Kier alpha value is -1.78. The topological polar surface area (TPSA) is 38.7 Å². The van der Waals surface area contributed by atoms with Gasteiger partial charge < -0.3 is 0 Å². The second-order valence-electron chi connectivity index (χ2n) is 3.62. The van der Waals surface area contributed by atoms with Crippen LogP contribution in [0, 0.1) is 0 Å². The minimum Gasteiger partial charge on any atom is -0.254 e. The van der Waals surface area contributed by atoms with Crippen molar-refractivity contribution in [2.45, 2.75) is 0 Å². The Morgan fingerprint density at radius 3 is 2.61 bits per heavy atom. The summed E-state index contributed by atoms with van der Waals surface area (Å²) in [5.74, 6) is 0.645. The molecule has 0 saturated carbocycles. The number of hydrogen-bond donors (Lipinski definition) is 0. The first-order valence-corrected chi connectivity index (χ1v) is 6.50. The van der Waals surface area contributed by atoms with Crippen molar-refractivity contribution < 1.29 is 0 Å². The zero-order valence-corrected chi connectivity index (χ0v) is 10.8. The molecule has 3 aromatic rings. The summed E-state index contributed by atoms with van der Waals surface area (Å²) >= 11 is 7.45. The zero-order chi connectivity index (χ0) is 12.4. The molecule has 3 nitrogen and oxygen atoms in total. The molecule has 0 aliphatic heterocycles. The molecule has 0 fully saturated rings. The normalized spacial score (nSPS) is 10.5. The van der Waals surface area contributed by atoms with Gasteiger partial charge in [0.25, 0.3) is 0 Å². The van der Waals surface area contributed by atoms with Gasteiger partial charge in [-0.15, -0.1) is 0 Å². The van der Waals surface area contributed by atoms with E-state index in [2.05, 4.69) is 14.3 Å². The van der Waals surface area contributed by atoms with E-state index in [1.807, 2.05) is 42.5 Å². The lowest BCUT2D eigenvalue weighted by molar-refractivity contribution is 1.27. The second kappa shape index (κ2) is 4.84. The summed E-state index contributed by atoms with van der Waals surface area (Å²) in [4.78, 5) is 8.73. The van der Waals surface area contributed by atoms with Gasteiger partial charge in [-0.3, -0.25) is 4.98 Å². The SMILES string of the molecule is Clc1ccccc1-c1nsc(-c2ccccn2)n1. The van der Waals surface area contributed by atoms with E-state index in [9.17, 15) is 0 Å². The van der Waals surface area contributed by atoms with E-state index in [1.165, 1.54) is 11.5 Å². The Labute approximate surface area is 113 Å². The molecule has 0 saturated heterocycles. The van der Waals surface area contributed by atoms with Crippen molar-refractivity contribution in [3.63, 3.8) is 0 Å². The fourth-order valence-corrected chi connectivity index (χ4v) is 2.44. The zero-order valence-electron chi connectivity index (χ0n) is 9.25. The second-order valence-corrected chi connectivity index (χ2v) is 4.78. The third-order valence-electron chi connectivity index (χ3n) is 2.42. The molecule has 88 valence electrons. The number of aromatic nitrogens is 3. The quantitative estimate of drug-likeness (QED) is 0.710. The summed E-state index contributed by atoms with van der Waals surface area (Å²) in [6, 6.07) is 13.3. The summed E-state index contributed by atoms with van der Waals surface area (Å²) in [7, 11) is 0. The Balaban J connectivity index is 2.03. The number of halogens is 1. The van der Waals surface area contributed by atoms with Gasteiger partial charge in [0, 0.05) is 11.8 Å². The average Bonchev–Trinajstić information content (AvgIpc) is 2.90. The van der Waals surface area contributed by atoms with Crippen LogP contribution in [0.5, 0.6) is 0 Å². The molecule has 3 rings (SSSR count). The number of nitrogens with zero attached hydrogens (tertiary/aromatic N) is 3. The first kappa shape index (κ1) is 11.3. The molecule has 5 heteroatoms. The molecular formula is C13H8ClN3S. The summed E-state index contributed by atoms with van der Waals surface area (Å²) in [6.45, 7) is 0. The van der Waals surface area contributed by atoms with Gasteiger partial charge in [-0.05, 0) is 35.8 Å². The van der Waals surface area contributed by atoms with E-state index in [-0.39, 0.29) is 0 Å². The molecule has 0 N–H and O–H groups in total. The molecule has 1 aromatic carbocycles. The predicted octanol–water partition coefficient (Wildman–Crippen LogP) is 3.92. The van der Waals surface area contributed by atoms with Crippen molar-refractivity contribution in [3.05, 3.63) is 53.7 Å². The molecule has 0 bridgehead atoms. The van der Waals surface area contributed by atoms with Gasteiger partial charge >= 0.3 is 0 Å². The van der Waals surface area contributed by atoms with Crippen LogP contribution < -0.4 is 0 Å². The van der Waals surface area contributed by atoms with Gasteiger partial charge in [0.1, 0.15) is 5.69 Å². The van der Waals surface area contributed by atoms with Crippen molar-refractivity contribution >= 4 is 23.1 Å². The summed E-state index contributed by atoms with van der Waals surface area (Å²) in [6.07, 6.45) is 1.74. The van der Waals surface area contributed by atoms with E-state index in [1.54, 1.807) is 6.20 Å². The van der Waals surface area contributed by atoms with Crippen molar-refractivity contribution in [1.82, 2.24) is 14.3 Å². The smallest absolute Gasteiger partial charge is 0.175 e. The van der Waals surface area contributed by atoms with Crippen molar-refractivity contribution in [3.8, 4) is 22.1 Å². The fourth-order valence-electron chi connectivity index (χ4n) is 1.57. The fraction of sp³-hybridized carbons (Fsp3) is 0. The van der Waals surface area contributed by atoms with Crippen LogP contribution in [0.3, 0.4) is 0 Å². The monoisotopic (exact) mass is 273 g/mol. The summed E-state index contributed by atoms with van der Waals surface area (Å²) in [5.41, 5.74) is 1.67. The van der Waals surface area contributed by atoms with Crippen molar-refractivity contribution in [1.29, 1.82) is 0 Å². The largest absolute Gasteiger partial charge is 0.254 e. The maximum absolute atomic E-state index is 6.12. The Bertz CT molecular complexity index is 667. The van der Waals surface area contributed by atoms with E-state index >= 15 is 0 Å². The van der Waals surface area contributed by atoms with Crippen LogP contribution in [0.1, 0.15) is 0 Å². The Kier molecular flexibility index (Phi) is 3.04. The lowest BCUT2D eigenvalue weighted by Crippen LogP contribution is -1.83. The highest BCUT2D eigenvalue weighted by Crippen LogP contribution is 2.28. The van der Waals surface area contributed by atoms with Gasteiger partial charge in [0.15, 0.2) is 10.8 Å². The number of pyridine rings is 1. The molecule has 0 unspecified atom stereocenters. The minimum absolute atomic E-state index is 0.645. The minimum atomic E-state index is 0.645. The number of hydrogen-bond acceptors (Lipinski definition) is 4. The van der Waals surface area contributed by atoms with Crippen LogP contribution in [0.4, 0.5) is 0 Å². The molecule has 2 heterocycles. The maximum atomic E-state index is 6.12. The van der Waals surface area contributed by atoms with Crippen LogP contribution in [0.25, 0.3) is 22.1 Å². The van der Waals surface area contributed by atoms with E-state index in [0.29, 0.717) is 10.8 Å². The highest BCUT2D eigenvalue weighted by molar-refractivity contribution is 7.09. The Morgan fingerprint density at radius 2 is 1.83 bits per heavy atom. The maximum Gasteiger partial charge on any atom is 0.175 e. The van der Waals surface area contributed by atoms with E-state index < -0.39 is 0 Å². The van der Waals surface area contributed by atoms with E-state index in [0.717, 1.165) is 16.3 Å². The molecule has 0 atom stereocenters. The average molecular weight is 274 g/mol. The molecule has 0 aliphatic carbocycles. The molecule has 0 spiro atoms. The molecule has 0 radical (unpaired) electrons. The van der Waals surface area contributed by atoms with Gasteiger partial charge in [0.2, 0.25) is 0 Å². The van der Waals surface area contributed by atoms with Crippen LogP contribution in [-0.2, 0) is 0 Å². The van der Waals surface area contributed by atoms with Crippen molar-refractivity contribution in [2.24, 2.45) is 0 Å². The highest BCUT2D eigenvalue weighted by Gasteiger charge is 2.11. The molecule has 2 aromatic heterocycles. The Morgan fingerprint density at radius 1 is 1.00 bits per heavy atom. The van der Waals surface area contributed by atoms with Crippen molar-refractivity contribution in [2.75, 3.05) is 0 Å². The van der Waals surface area contributed by atoms with Crippen LogP contribution in [0.15, 0.2) is 48.7 Å². The third kappa shape index (κ3) is 2.12. The number of benzene rings is 1. The first-order valence-electron chi connectivity index (χ1n) is 5.34. The molecular weight excluding hydrogens is 266 g/mol. The summed E-state index contributed by atoms with van der Waals surface area (Å²) < 4.78 is 4.33. The lowest BCUT2D eigenvalue weighted by Gasteiger charge is -1.97. The standard InChI is InChI=1S/C13H8ClN3S/c14-10-6-2-1-5-9(10)12-16-13(18-17-12)11-7-3-4-8-15-11/h1-8H. The van der Waals surface area contributed by atoms with E-state index in [4.69, 9.17) is 11.6 Å². The third-order valence-corrected chi connectivity index (χ3v) is 3.49. The van der Waals surface area contributed by atoms with Crippen LogP contribution in [-0.4, -0.2) is 14.3 Å². The van der Waals surface area contributed by atoms with Gasteiger partial charge in [-0.25, -0.2) is 4.98 Å². The molecule has 0 amide bonds. The molecule has 18 heavy (non-hydrogen) atoms. The molecule has 0 aliphatic rings. The van der Waals surface area contributed by atoms with Gasteiger partial charge in [0.05, 0.1) is 5.02 Å². The van der Waals surface area contributed by atoms with Crippen LogP contribution >= 0.6 is 23.1 Å².